The van der Waals surface area contributed by atoms with E-state index in [2.05, 4.69) is 24.5 Å². The molecule has 0 radical (unpaired) electrons. The van der Waals surface area contributed by atoms with E-state index in [1.165, 1.54) is 14.2 Å². The van der Waals surface area contributed by atoms with E-state index in [0.717, 1.165) is 33.4 Å². The predicted molar refractivity (Wildman–Crippen MR) is 230 cm³/mol. The Balaban J connectivity index is 1.53. The fourth-order valence-corrected chi connectivity index (χ4v) is 7.86. The van der Waals surface area contributed by atoms with Gasteiger partial charge in [0.25, 0.3) is 11.8 Å². The molecule has 2 unspecified atom stereocenters. The number of fused-ring (bicyclic) bond motifs is 2. The largest absolute Gasteiger partial charge is 0.495 e. The van der Waals surface area contributed by atoms with Crippen LogP contribution < -0.4 is 39.1 Å². The highest BCUT2D eigenvalue weighted by Gasteiger charge is 2.30. The number of nitrogens with one attached hydrogen (secondary N) is 2. The van der Waals surface area contributed by atoms with Crippen molar-refractivity contribution in [2.75, 3.05) is 55.7 Å². The van der Waals surface area contributed by atoms with Gasteiger partial charge in [-0.3, -0.25) is 9.59 Å². The molecule has 0 saturated heterocycles. The number of benzene rings is 6. The summed E-state index contributed by atoms with van der Waals surface area (Å²) in [5.74, 6) is 1.95. The third-order valence-corrected chi connectivity index (χ3v) is 10.9. The van der Waals surface area contributed by atoms with Crippen LogP contribution in [0.1, 0.15) is 68.7 Å². The molecular weight excluding hydrogens is 733 g/mol. The van der Waals surface area contributed by atoms with E-state index >= 15 is 0 Å². The molecule has 0 aliphatic rings. The van der Waals surface area contributed by atoms with Gasteiger partial charge < -0.3 is 39.1 Å². The fraction of sp³-hybridized carbons (Fsp3) is 0.292. The van der Waals surface area contributed by atoms with E-state index in [9.17, 15) is 9.59 Å². The lowest BCUT2D eigenvalue weighted by Crippen LogP contribution is -2.28. The Kier molecular flexibility index (Phi) is 12.6. The van der Waals surface area contributed by atoms with Crippen LogP contribution in [0.25, 0.3) is 32.7 Å². The highest BCUT2D eigenvalue weighted by Crippen LogP contribution is 2.52. The minimum atomic E-state index is -0.304. The van der Waals surface area contributed by atoms with E-state index in [0.29, 0.717) is 80.3 Å². The van der Waals surface area contributed by atoms with E-state index in [-0.39, 0.29) is 23.7 Å². The summed E-state index contributed by atoms with van der Waals surface area (Å²) in [6.45, 7) is 8.90. The predicted octanol–water partition coefficient (Wildman–Crippen LogP) is 9.40. The highest BCUT2D eigenvalue weighted by atomic mass is 16.5. The molecule has 10 nitrogen and oxygen atoms in total. The van der Waals surface area contributed by atoms with Gasteiger partial charge in [-0.15, -0.1) is 0 Å². The molecule has 0 aliphatic heterocycles. The number of hydrogen-bond acceptors (Lipinski definition) is 8. The summed E-state index contributed by atoms with van der Waals surface area (Å²) in [5, 5.41) is 8.82. The van der Waals surface area contributed by atoms with Crippen LogP contribution in [0.4, 0.5) is 0 Å². The lowest BCUT2D eigenvalue weighted by Gasteiger charge is -2.24. The monoisotopic (exact) mass is 784 g/mol. The molecule has 2 N–H and O–H groups in total. The lowest BCUT2D eigenvalue weighted by atomic mass is 9.87. The molecule has 6 rings (SSSR count). The minimum Gasteiger partial charge on any atom is -0.495 e. The van der Waals surface area contributed by atoms with Crippen molar-refractivity contribution in [3.8, 4) is 45.6 Å². The van der Waals surface area contributed by atoms with Crippen molar-refractivity contribution in [3.63, 3.8) is 0 Å². The topological polar surface area (TPSA) is 114 Å². The van der Waals surface area contributed by atoms with Crippen LogP contribution in [-0.2, 0) is 0 Å². The number of carbonyl (C=O) groups is 2. The summed E-state index contributed by atoms with van der Waals surface area (Å²) in [7, 11) is 9.33. The summed E-state index contributed by atoms with van der Waals surface area (Å²) in [4.78, 5) is 28.4. The normalized spacial score (nSPS) is 12.1. The number of amides is 2. The van der Waals surface area contributed by atoms with Crippen molar-refractivity contribution < 1.29 is 38.0 Å². The zero-order valence-electron chi connectivity index (χ0n) is 34.9. The van der Waals surface area contributed by atoms with E-state index in [1.54, 1.807) is 28.4 Å². The van der Waals surface area contributed by atoms with Gasteiger partial charge in [-0.2, -0.15) is 0 Å². The maximum absolute atomic E-state index is 14.2. The quantitative estimate of drug-likeness (QED) is 0.106. The molecule has 0 saturated carbocycles. The fourth-order valence-electron chi connectivity index (χ4n) is 7.86. The molecule has 0 heterocycles. The van der Waals surface area contributed by atoms with Crippen molar-refractivity contribution in [3.05, 3.63) is 118 Å². The smallest absolute Gasteiger partial charge is 0.255 e. The van der Waals surface area contributed by atoms with Gasteiger partial charge >= 0.3 is 0 Å². The Morgan fingerprint density at radius 2 is 0.828 bits per heavy atom. The molecule has 302 valence electrons. The Hall–Kier alpha value is -6.42. The minimum absolute atomic E-state index is 0.0715. The Morgan fingerprint density at radius 3 is 1.14 bits per heavy atom. The maximum Gasteiger partial charge on any atom is 0.255 e. The molecule has 2 amide bonds. The molecule has 0 spiro atoms. The van der Waals surface area contributed by atoms with Gasteiger partial charge in [-0.05, 0) is 72.2 Å². The zero-order chi connectivity index (χ0) is 41.7. The third-order valence-electron chi connectivity index (χ3n) is 10.9. The third kappa shape index (κ3) is 7.66. The number of carbonyl (C=O) groups excluding carboxylic acids is 2. The average Bonchev–Trinajstić information content (AvgIpc) is 3.25. The first-order valence-corrected chi connectivity index (χ1v) is 19.2. The molecule has 0 aromatic heterocycles. The van der Waals surface area contributed by atoms with Crippen LogP contribution >= 0.6 is 0 Å². The summed E-state index contributed by atoms with van der Waals surface area (Å²) in [6, 6.07) is 27.7. The summed E-state index contributed by atoms with van der Waals surface area (Å²) >= 11 is 0. The Labute approximate surface area is 340 Å². The molecule has 0 fully saturated rings. The number of aryl methyl sites for hydroxylation is 2. The molecule has 2 atom stereocenters. The van der Waals surface area contributed by atoms with E-state index in [4.69, 9.17) is 28.4 Å². The van der Waals surface area contributed by atoms with Crippen molar-refractivity contribution in [2.45, 2.75) is 39.5 Å². The summed E-state index contributed by atoms with van der Waals surface area (Å²) in [6.07, 6.45) is 0. The van der Waals surface area contributed by atoms with Crippen LogP contribution in [-0.4, -0.2) is 67.6 Å². The number of ether oxygens (including phenoxy) is 6. The lowest BCUT2D eigenvalue weighted by molar-refractivity contribution is 0.0941. The molecule has 0 aliphatic carbocycles. The summed E-state index contributed by atoms with van der Waals surface area (Å²) < 4.78 is 35.9. The molecular formula is C48H52N2O8. The zero-order valence-corrected chi connectivity index (χ0v) is 34.9. The SMILES string of the molecule is COc1cc2c(OC)c(-c3c(C)cc4c(C(=O)NCC(C)c5ccccc5)c(OC)c(OC)cc4c3OC)c(C)cc2c(C(=O)NCC(C)c2ccccc2)c1OC. The first-order valence-electron chi connectivity index (χ1n) is 19.2. The Morgan fingerprint density at radius 1 is 0.483 bits per heavy atom. The second-order valence-electron chi connectivity index (χ2n) is 14.4. The van der Waals surface area contributed by atoms with Crippen molar-refractivity contribution >= 4 is 33.4 Å². The molecule has 58 heavy (non-hydrogen) atoms. The molecule has 10 heteroatoms. The van der Waals surface area contributed by atoms with Crippen molar-refractivity contribution in [1.29, 1.82) is 0 Å². The van der Waals surface area contributed by atoms with Crippen molar-refractivity contribution in [1.82, 2.24) is 10.6 Å². The molecule has 6 aromatic carbocycles. The maximum atomic E-state index is 14.2. The first kappa shape index (κ1) is 41.2. The van der Waals surface area contributed by atoms with Gasteiger partial charge in [-0.25, -0.2) is 0 Å². The van der Waals surface area contributed by atoms with Gasteiger partial charge in [0, 0.05) is 45.8 Å². The van der Waals surface area contributed by atoms with Gasteiger partial charge in [-0.1, -0.05) is 74.5 Å². The summed E-state index contributed by atoms with van der Waals surface area (Å²) in [5.41, 5.74) is 6.04. The second-order valence-corrected chi connectivity index (χ2v) is 14.4. The molecule has 0 bridgehead atoms. The van der Waals surface area contributed by atoms with Crippen LogP contribution in [0.15, 0.2) is 84.9 Å². The van der Waals surface area contributed by atoms with Gasteiger partial charge in [0.15, 0.2) is 23.0 Å². The van der Waals surface area contributed by atoms with Gasteiger partial charge in [0.1, 0.15) is 11.5 Å². The standard InChI is InChI=1S/C48H52N2O8/c1-27-21-33-35(23-37(53-5)45(57-9)41(33)47(51)49-25-29(3)31-17-13-11-14-18-31)43(55-7)39(27)40-28(2)22-34-36(44(40)56-8)24-38(54-6)46(58-10)42(34)48(52)50-26-30(4)32-19-15-12-16-20-32/h11-24,29-30H,25-26H2,1-10H3,(H,49,51)(H,50,52). The highest BCUT2D eigenvalue weighted by molar-refractivity contribution is 6.16. The molecule has 6 aromatic rings. The van der Waals surface area contributed by atoms with E-state index < -0.39 is 0 Å². The number of rotatable bonds is 15. The number of hydrogen-bond donors (Lipinski definition) is 2. The van der Waals surface area contributed by atoms with Crippen LogP contribution in [0.5, 0.6) is 34.5 Å². The van der Waals surface area contributed by atoms with Crippen molar-refractivity contribution in [2.24, 2.45) is 0 Å². The van der Waals surface area contributed by atoms with Gasteiger partial charge in [0.05, 0.1) is 53.8 Å². The Bertz CT molecular complexity index is 2290. The second kappa shape index (κ2) is 17.8. The average molecular weight is 785 g/mol. The van der Waals surface area contributed by atoms with Crippen LogP contribution in [0.3, 0.4) is 0 Å². The first-order chi connectivity index (χ1) is 28.0. The van der Waals surface area contributed by atoms with Crippen LogP contribution in [0, 0.1) is 13.8 Å². The van der Waals surface area contributed by atoms with Gasteiger partial charge in [0.2, 0.25) is 0 Å². The number of methoxy groups -OCH3 is 6. The van der Waals surface area contributed by atoms with E-state index in [1.807, 2.05) is 98.8 Å². The van der Waals surface area contributed by atoms with Crippen LogP contribution in [0.2, 0.25) is 0 Å².